The number of carbonyl (C=O) groups excluding carboxylic acids is 1. The number of carbonyl (C=O) groups is 1. The molecule has 0 atom stereocenters. The van der Waals surface area contributed by atoms with Gasteiger partial charge in [0.2, 0.25) is 5.91 Å². The van der Waals surface area contributed by atoms with Gasteiger partial charge in [-0.3, -0.25) is 14.3 Å². The predicted octanol–water partition coefficient (Wildman–Crippen LogP) is 3.02. The summed E-state index contributed by atoms with van der Waals surface area (Å²) in [5.41, 5.74) is 2.25. The van der Waals surface area contributed by atoms with Gasteiger partial charge < -0.3 is 14.6 Å². The third-order valence-electron chi connectivity index (χ3n) is 5.31. The summed E-state index contributed by atoms with van der Waals surface area (Å²) in [6, 6.07) is 16.8. The van der Waals surface area contributed by atoms with E-state index >= 15 is 0 Å². The van der Waals surface area contributed by atoms with Gasteiger partial charge in [-0.05, 0) is 31.2 Å². The second-order valence-electron chi connectivity index (χ2n) is 7.37. The summed E-state index contributed by atoms with van der Waals surface area (Å²) >= 11 is 1.25. The number of amides is 1. The minimum atomic E-state index is -0.294. The second-order valence-corrected chi connectivity index (χ2v) is 8.31. The number of thioether (sulfide) groups is 1. The number of benzene rings is 2. The van der Waals surface area contributed by atoms with Gasteiger partial charge in [0, 0.05) is 19.7 Å². The van der Waals surface area contributed by atoms with Crippen molar-refractivity contribution in [3.05, 3.63) is 70.6 Å². The lowest BCUT2D eigenvalue weighted by Crippen LogP contribution is -2.23. The number of methoxy groups -OCH3 is 1. The Hall–Kier alpha value is -3.79. The zero-order valence-corrected chi connectivity index (χ0v) is 19.6. The molecule has 0 saturated carbocycles. The highest BCUT2D eigenvalue weighted by Gasteiger charge is 2.19. The Morgan fingerprint density at radius 1 is 1.09 bits per heavy atom. The number of rotatable bonds is 7. The zero-order chi connectivity index (χ0) is 23.5. The van der Waals surface area contributed by atoms with Crippen molar-refractivity contribution in [1.82, 2.24) is 24.1 Å². The molecular weight excluding hydrogens is 440 g/mol. The SMILES string of the molecule is COc1cccc(-c2nnc(SCC(=O)Nc3c(C)n(C)n(-c4ccccc4)c3=O)n2C)c1. The summed E-state index contributed by atoms with van der Waals surface area (Å²) in [7, 11) is 5.24. The highest BCUT2D eigenvalue weighted by Crippen LogP contribution is 2.25. The van der Waals surface area contributed by atoms with E-state index in [0.29, 0.717) is 16.7 Å². The first-order chi connectivity index (χ1) is 15.9. The molecule has 10 heteroatoms. The van der Waals surface area contributed by atoms with Gasteiger partial charge in [0.15, 0.2) is 11.0 Å². The van der Waals surface area contributed by atoms with E-state index < -0.39 is 0 Å². The largest absolute Gasteiger partial charge is 0.497 e. The maximum absolute atomic E-state index is 13.0. The van der Waals surface area contributed by atoms with Crippen molar-refractivity contribution in [3.8, 4) is 22.8 Å². The fraction of sp³-hybridized carbons (Fsp3) is 0.217. The summed E-state index contributed by atoms with van der Waals surface area (Å²) in [6.07, 6.45) is 0. The first-order valence-corrected chi connectivity index (χ1v) is 11.2. The number of aromatic nitrogens is 5. The van der Waals surface area contributed by atoms with Crippen LogP contribution in [0.5, 0.6) is 5.75 Å². The van der Waals surface area contributed by atoms with Gasteiger partial charge in [0.25, 0.3) is 5.56 Å². The average molecular weight is 465 g/mol. The molecule has 4 aromatic rings. The minimum Gasteiger partial charge on any atom is -0.497 e. The highest BCUT2D eigenvalue weighted by atomic mass is 32.2. The van der Waals surface area contributed by atoms with E-state index in [9.17, 15) is 9.59 Å². The van der Waals surface area contributed by atoms with Crippen LogP contribution >= 0.6 is 11.8 Å². The van der Waals surface area contributed by atoms with Crippen LogP contribution in [-0.2, 0) is 18.9 Å². The van der Waals surface area contributed by atoms with Gasteiger partial charge in [0.1, 0.15) is 11.4 Å². The molecule has 0 unspecified atom stereocenters. The first-order valence-electron chi connectivity index (χ1n) is 10.2. The van der Waals surface area contributed by atoms with Crippen molar-refractivity contribution in [3.63, 3.8) is 0 Å². The standard InChI is InChI=1S/C23H24N6O3S/c1-15-20(22(31)29(28(15)3)17-10-6-5-7-11-17)24-19(30)14-33-23-26-25-21(27(23)2)16-9-8-12-18(13-16)32-4/h5-13H,14H2,1-4H3,(H,24,30). The number of para-hydroxylation sites is 1. The van der Waals surface area contributed by atoms with Crippen LogP contribution in [0, 0.1) is 6.92 Å². The molecule has 0 aliphatic carbocycles. The van der Waals surface area contributed by atoms with Gasteiger partial charge >= 0.3 is 0 Å². The van der Waals surface area contributed by atoms with E-state index in [4.69, 9.17) is 4.74 Å². The van der Waals surface area contributed by atoms with Crippen LogP contribution in [0.2, 0.25) is 0 Å². The number of hydrogen-bond donors (Lipinski definition) is 1. The van der Waals surface area contributed by atoms with Crippen LogP contribution in [0.25, 0.3) is 17.1 Å². The third-order valence-corrected chi connectivity index (χ3v) is 6.33. The first kappa shape index (κ1) is 22.4. The Morgan fingerprint density at radius 2 is 1.85 bits per heavy atom. The summed E-state index contributed by atoms with van der Waals surface area (Å²) < 4.78 is 10.3. The normalized spacial score (nSPS) is 10.9. The molecule has 4 rings (SSSR count). The van der Waals surface area contributed by atoms with Crippen molar-refractivity contribution in [2.45, 2.75) is 12.1 Å². The van der Waals surface area contributed by atoms with Crippen molar-refractivity contribution in [2.75, 3.05) is 18.2 Å². The van der Waals surface area contributed by atoms with Gasteiger partial charge in [0.05, 0.1) is 24.2 Å². The van der Waals surface area contributed by atoms with Crippen molar-refractivity contribution in [1.29, 1.82) is 0 Å². The monoisotopic (exact) mass is 464 g/mol. The molecule has 0 aliphatic heterocycles. The Labute approximate surface area is 195 Å². The summed E-state index contributed by atoms with van der Waals surface area (Å²) in [5.74, 6) is 1.19. The summed E-state index contributed by atoms with van der Waals surface area (Å²) in [5, 5.41) is 11.8. The molecule has 0 aliphatic rings. The molecular formula is C23H24N6O3S. The van der Waals surface area contributed by atoms with E-state index in [1.165, 1.54) is 16.4 Å². The van der Waals surface area contributed by atoms with Gasteiger partial charge in [-0.1, -0.05) is 42.1 Å². The van der Waals surface area contributed by atoms with E-state index in [2.05, 4.69) is 15.5 Å². The minimum absolute atomic E-state index is 0.0865. The molecule has 1 amide bonds. The van der Waals surface area contributed by atoms with Crippen LogP contribution in [0.4, 0.5) is 5.69 Å². The quantitative estimate of drug-likeness (QED) is 0.423. The van der Waals surface area contributed by atoms with Crippen molar-refractivity contribution < 1.29 is 9.53 Å². The zero-order valence-electron chi connectivity index (χ0n) is 18.8. The maximum atomic E-state index is 13.0. The second kappa shape index (κ2) is 9.37. The lowest BCUT2D eigenvalue weighted by Gasteiger charge is -2.07. The van der Waals surface area contributed by atoms with E-state index in [1.807, 2.05) is 66.2 Å². The van der Waals surface area contributed by atoms with Gasteiger partial charge in [-0.25, -0.2) is 4.68 Å². The molecule has 0 fully saturated rings. The molecule has 33 heavy (non-hydrogen) atoms. The number of nitrogens with zero attached hydrogens (tertiary/aromatic N) is 5. The third kappa shape index (κ3) is 4.42. The molecule has 0 spiro atoms. The maximum Gasteiger partial charge on any atom is 0.295 e. The Bertz CT molecular complexity index is 1360. The van der Waals surface area contributed by atoms with Crippen LogP contribution < -0.4 is 15.6 Å². The molecule has 2 heterocycles. The smallest absolute Gasteiger partial charge is 0.295 e. The molecule has 9 nitrogen and oxygen atoms in total. The molecule has 0 saturated heterocycles. The lowest BCUT2D eigenvalue weighted by atomic mass is 10.2. The summed E-state index contributed by atoms with van der Waals surface area (Å²) in [6.45, 7) is 1.80. The lowest BCUT2D eigenvalue weighted by molar-refractivity contribution is -0.113. The average Bonchev–Trinajstić information content (AvgIpc) is 3.30. The molecule has 2 aromatic carbocycles. The molecule has 0 radical (unpaired) electrons. The van der Waals surface area contributed by atoms with Crippen LogP contribution in [0.3, 0.4) is 0 Å². The number of ether oxygens (including phenoxy) is 1. The number of hydrogen-bond acceptors (Lipinski definition) is 6. The Balaban J connectivity index is 1.48. The van der Waals surface area contributed by atoms with Gasteiger partial charge in [-0.2, -0.15) is 0 Å². The topological polar surface area (TPSA) is 96.0 Å². The Morgan fingerprint density at radius 3 is 2.58 bits per heavy atom. The number of anilines is 1. The van der Waals surface area contributed by atoms with Crippen molar-refractivity contribution in [2.24, 2.45) is 14.1 Å². The molecule has 170 valence electrons. The van der Waals surface area contributed by atoms with E-state index in [1.54, 1.807) is 25.8 Å². The Kier molecular flexibility index (Phi) is 6.36. The fourth-order valence-corrected chi connectivity index (χ4v) is 4.18. The van der Waals surface area contributed by atoms with E-state index in [-0.39, 0.29) is 22.9 Å². The van der Waals surface area contributed by atoms with E-state index in [0.717, 1.165) is 17.0 Å². The van der Waals surface area contributed by atoms with Crippen LogP contribution in [0.1, 0.15) is 5.69 Å². The van der Waals surface area contributed by atoms with Gasteiger partial charge in [-0.15, -0.1) is 10.2 Å². The highest BCUT2D eigenvalue weighted by molar-refractivity contribution is 7.99. The molecule has 1 N–H and O–H groups in total. The summed E-state index contributed by atoms with van der Waals surface area (Å²) in [4.78, 5) is 25.6. The van der Waals surface area contributed by atoms with Crippen molar-refractivity contribution >= 4 is 23.4 Å². The van der Waals surface area contributed by atoms with Crippen LogP contribution in [0.15, 0.2) is 64.5 Å². The number of nitrogens with one attached hydrogen (secondary N) is 1. The van der Waals surface area contributed by atoms with Crippen LogP contribution in [-0.4, -0.2) is 42.9 Å². The predicted molar refractivity (Wildman–Crippen MR) is 128 cm³/mol. The molecule has 2 aromatic heterocycles. The molecule has 0 bridgehead atoms. The fourth-order valence-electron chi connectivity index (χ4n) is 3.47.